The third kappa shape index (κ3) is 6.27. The summed E-state index contributed by atoms with van der Waals surface area (Å²) in [5.74, 6) is 0.00923. The lowest BCUT2D eigenvalue weighted by Gasteiger charge is -2.07. The van der Waals surface area contributed by atoms with Gasteiger partial charge in [-0.15, -0.1) is 0 Å². The minimum Gasteiger partial charge on any atom is -0.484 e. The number of carbonyl (C=O) groups is 2. The van der Waals surface area contributed by atoms with Crippen molar-refractivity contribution in [3.05, 3.63) is 59.1 Å². The van der Waals surface area contributed by atoms with Crippen LogP contribution in [0.2, 0.25) is 5.02 Å². The highest BCUT2D eigenvalue weighted by atomic mass is 35.5. The van der Waals surface area contributed by atoms with Crippen molar-refractivity contribution in [1.82, 2.24) is 5.43 Å². The number of nitrogens with zero attached hydrogens (tertiary/aromatic N) is 1. The molecule has 2 aromatic carbocycles. The number of carbonyl (C=O) groups excluding carboxylic acids is 2. The molecule has 2 rings (SSSR count). The van der Waals surface area contributed by atoms with Crippen LogP contribution in [0.15, 0.2) is 53.6 Å². The Labute approximate surface area is 150 Å². The van der Waals surface area contributed by atoms with Crippen molar-refractivity contribution in [2.45, 2.75) is 13.8 Å². The van der Waals surface area contributed by atoms with Gasteiger partial charge in [-0.3, -0.25) is 9.59 Å². The number of ether oxygens (including phenoxy) is 1. The van der Waals surface area contributed by atoms with E-state index < -0.39 is 0 Å². The lowest BCUT2D eigenvalue weighted by molar-refractivity contribution is -0.123. The quantitative estimate of drug-likeness (QED) is 0.614. The maximum absolute atomic E-state index is 11.8. The van der Waals surface area contributed by atoms with Gasteiger partial charge in [0.15, 0.2) is 6.61 Å². The van der Waals surface area contributed by atoms with E-state index >= 15 is 0 Å². The molecule has 0 aliphatic rings. The van der Waals surface area contributed by atoms with Crippen molar-refractivity contribution >= 4 is 34.8 Å². The molecular weight excluding hydrogens is 342 g/mol. The topological polar surface area (TPSA) is 79.8 Å². The molecule has 0 fully saturated rings. The first-order valence-electron chi connectivity index (χ1n) is 7.53. The zero-order chi connectivity index (χ0) is 18.2. The number of anilines is 1. The molecule has 0 saturated carbocycles. The molecule has 0 spiro atoms. The molecule has 0 heterocycles. The van der Waals surface area contributed by atoms with E-state index in [9.17, 15) is 9.59 Å². The minimum atomic E-state index is -0.382. The van der Waals surface area contributed by atoms with Crippen LogP contribution in [-0.2, 0) is 9.59 Å². The highest BCUT2D eigenvalue weighted by molar-refractivity contribution is 6.30. The third-order valence-electron chi connectivity index (χ3n) is 3.13. The summed E-state index contributed by atoms with van der Waals surface area (Å²) in [6.07, 6.45) is 0. The predicted molar refractivity (Wildman–Crippen MR) is 98.0 cm³/mol. The molecule has 0 aromatic heterocycles. The fourth-order valence-electron chi connectivity index (χ4n) is 1.95. The summed E-state index contributed by atoms with van der Waals surface area (Å²) >= 11 is 5.78. The van der Waals surface area contributed by atoms with E-state index in [0.717, 1.165) is 5.56 Å². The normalized spacial score (nSPS) is 10.9. The van der Waals surface area contributed by atoms with Crippen molar-refractivity contribution in [1.29, 1.82) is 0 Å². The van der Waals surface area contributed by atoms with Crippen molar-refractivity contribution in [2.75, 3.05) is 11.9 Å². The highest BCUT2D eigenvalue weighted by Crippen LogP contribution is 2.15. The van der Waals surface area contributed by atoms with Gasteiger partial charge < -0.3 is 10.1 Å². The smallest absolute Gasteiger partial charge is 0.277 e. The Morgan fingerprint density at radius 3 is 2.52 bits per heavy atom. The van der Waals surface area contributed by atoms with Crippen molar-refractivity contribution in [3.63, 3.8) is 0 Å². The van der Waals surface area contributed by atoms with E-state index in [1.165, 1.54) is 6.92 Å². The van der Waals surface area contributed by atoms with Crippen LogP contribution in [0.25, 0.3) is 0 Å². The molecule has 0 bridgehead atoms. The van der Waals surface area contributed by atoms with E-state index in [4.69, 9.17) is 16.3 Å². The summed E-state index contributed by atoms with van der Waals surface area (Å²) < 4.78 is 5.34. The summed E-state index contributed by atoms with van der Waals surface area (Å²) in [5, 5.41) is 7.34. The molecule has 2 amide bonds. The van der Waals surface area contributed by atoms with Crippen LogP contribution in [0.5, 0.6) is 5.75 Å². The zero-order valence-corrected chi connectivity index (χ0v) is 14.6. The summed E-state index contributed by atoms with van der Waals surface area (Å²) in [7, 11) is 0. The molecule has 0 atom stereocenters. The van der Waals surface area contributed by atoms with Gasteiger partial charge in [-0.05, 0) is 48.9 Å². The van der Waals surface area contributed by atoms with Crippen LogP contribution in [-0.4, -0.2) is 24.1 Å². The summed E-state index contributed by atoms with van der Waals surface area (Å²) in [4.78, 5) is 22.9. The monoisotopic (exact) mass is 359 g/mol. The number of halogens is 1. The Hall–Kier alpha value is -2.86. The van der Waals surface area contributed by atoms with Gasteiger partial charge in [0.05, 0.1) is 5.71 Å². The molecule has 0 aliphatic carbocycles. The van der Waals surface area contributed by atoms with E-state index in [-0.39, 0.29) is 18.4 Å². The summed E-state index contributed by atoms with van der Waals surface area (Å²) in [6, 6.07) is 13.9. The van der Waals surface area contributed by atoms with Crippen molar-refractivity contribution < 1.29 is 14.3 Å². The van der Waals surface area contributed by atoms with Gasteiger partial charge in [-0.1, -0.05) is 23.7 Å². The molecule has 25 heavy (non-hydrogen) atoms. The third-order valence-corrected chi connectivity index (χ3v) is 3.38. The molecule has 7 heteroatoms. The Kier molecular flexibility index (Phi) is 6.54. The molecule has 130 valence electrons. The Morgan fingerprint density at radius 2 is 1.84 bits per heavy atom. The maximum Gasteiger partial charge on any atom is 0.277 e. The molecule has 2 N–H and O–H groups in total. The van der Waals surface area contributed by atoms with Crippen LogP contribution >= 0.6 is 11.6 Å². The van der Waals surface area contributed by atoms with Crippen molar-refractivity contribution in [2.24, 2.45) is 5.10 Å². The number of hydrogen-bond donors (Lipinski definition) is 2. The Bertz CT molecular complexity index is 788. The fourth-order valence-corrected chi connectivity index (χ4v) is 2.07. The van der Waals surface area contributed by atoms with Gasteiger partial charge >= 0.3 is 0 Å². The molecule has 6 nitrogen and oxygen atoms in total. The lowest BCUT2D eigenvalue weighted by Crippen LogP contribution is -2.25. The molecule has 0 aliphatic heterocycles. The number of hydrogen-bond acceptors (Lipinski definition) is 4. The van der Waals surface area contributed by atoms with Crippen LogP contribution in [0.4, 0.5) is 5.69 Å². The van der Waals surface area contributed by atoms with Crippen LogP contribution < -0.4 is 15.5 Å². The number of nitrogens with one attached hydrogen (secondary N) is 2. The summed E-state index contributed by atoms with van der Waals surface area (Å²) in [6.45, 7) is 3.03. The first-order chi connectivity index (χ1) is 11.9. The Morgan fingerprint density at radius 1 is 1.12 bits per heavy atom. The van der Waals surface area contributed by atoms with E-state index in [2.05, 4.69) is 15.8 Å². The van der Waals surface area contributed by atoms with Gasteiger partial charge in [0, 0.05) is 17.6 Å². The molecule has 2 aromatic rings. The SMILES string of the molecule is CC(=O)Nc1cccc(/C(C)=N\NC(=O)COc2ccc(Cl)cc2)c1. The largest absolute Gasteiger partial charge is 0.484 e. The van der Waals surface area contributed by atoms with Gasteiger partial charge in [0.2, 0.25) is 5.91 Å². The first kappa shape index (κ1) is 18.5. The maximum atomic E-state index is 11.8. The standard InChI is InChI=1S/C18H18ClN3O3/c1-12(14-4-3-5-16(10-14)20-13(2)23)21-22-18(24)11-25-17-8-6-15(19)7-9-17/h3-10H,11H2,1-2H3,(H,20,23)(H,22,24)/b21-12-. The number of rotatable bonds is 6. The van der Waals surface area contributed by atoms with Crippen molar-refractivity contribution in [3.8, 4) is 5.75 Å². The molecule has 0 unspecified atom stereocenters. The average molecular weight is 360 g/mol. The number of hydrazone groups is 1. The zero-order valence-electron chi connectivity index (χ0n) is 13.9. The molecular formula is C18H18ClN3O3. The van der Waals surface area contributed by atoms with Crippen LogP contribution in [0, 0.1) is 0 Å². The highest BCUT2D eigenvalue weighted by Gasteiger charge is 2.04. The first-order valence-corrected chi connectivity index (χ1v) is 7.91. The minimum absolute atomic E-state index is 0.153. The summed E-state index contributed by atoms with van der Waals surface area (Å²) in [5.41, 5.74) is 4.48. The second-order valence-electron chi connectivity index (χ2n) is 5.24. The fraction of sp³-hybridized carbons (Fsp3) is 0.167. The van der Waals surface area contributed by atoms with Crippen LogP contribution in [0.3, 0.4) is 0 Å². The number of benzene rings is 2. The van der Waals surface area contributed by atoms with E-state index in [0.29, 0.717) is 22.2 Å². The molecule has 0 radical (unpaired) electrons. The lowest BCUT2D eigenvalue weighted by atomic mass is 10.1. The average Bonchev–Trinajstić information content (AvgIpc) is 2.59. The van der Waals surface area contributed by atoms with Gasteiger partial charge in [-0.2, -0.15) is 5.10 Å². The van der Waals surface area contributed by atoms with Gasteiger partial charge in [0.25, 0.3) is 5.91 Å². The van der Waals surface area contributed by atoms with Gasteiger partial charge in [-0.25, -0.2) is 5.43 Å². The van der Waals surface area contributed by atoms with E-state index in [1.807, 2.05) is 6.07 Å². The Balaban J connectivity index is 1.90. The van der Waals surface area contributed by atoms with E-state index in [1.54, 1.807) is 49.4 Å². The van der Waals surface area contributed by atoms with Crippen LogP contribution in [0.1, 0.15) is 19.4 Å². The predicted octanol–water partition coefficient (Wildman–Crippen LogP) is 3.22. The van der Waals surface area contributed by atoms with Gasteiger partial charge in [0.1, 0.15) is 5.75 Å². The second kappa shape index (κ2) is 8.84. The molecule has 0 saturated heterocycles. The second-order valence-corrected chi connectivity index (χ2v) is 5.67. The number of amides is 2.